The summed E-state index contributed by atoms with van der Waals surface area (Å²) in [5, 5.41) is 33.3. The lowest BCUT2D eigenvalue weighted by Gasteiger charge is -2.64. The number of ether oxygens (including phenoxy) is 1. The molecule has 0 bridgehead atoms. The fourth-order valence-corrected chi connectivity index (χ4v) is 8.48. The molecule has 5 rings (SSSR count). The average Bonchev–Trinajstić information content (AvgIpc) is 3.10. The predicted molar refractivity (Wildman–Crippen MR) is 124 cm³/mol. The van der Waals surface area contributed by atoms with Gasteiger partial charge in [-0.15, -0.1) is 0 Å². The molecule has 1 aromatic heterocycles. The zero-order chi connectivity index (χ0) is 25.3. The molecule has 8 nitrogen and oxygen atoms in total. The summed E-state index contributed by atoms with van der Waals surface area (Å²) < 4.78 is 10.6. The second-order valence-corrected chi connectivity index (χ2v) is 11.8. The van der Waals surface area contributed by atoms with E-state index in [2.05, 4.69) is 6.92 Å². The van der Waals surface area contributed by atoms with Gasteiger partial charge in [0.15, 0.2) is 5.78 Å². The summed E-state index contributed by atoms with van der Waals surface area (Å²) in [6.07, 6.45) is 3.10. The Kier molecular flexibility index (Phi) is 5.81. The van der Waals surface area contributed by atoms with Crippen molar-refractivity contribution in [3.05, 3.63) is 34.4 Å². The summed E-state index contributed by atoms with van der Waals surface area (Å²) in [6, 6.07) is 2.99. The van der Waals surface area contributed by atoms with Gasteiger partial charge in [-0.3, -0.25) is 4.79 Å². The Morgan fingerprint density at radius 3 is 2.54 bits per heavy atom. The Hall–Kier alpha value is -2.03. The quantitative estimate of drug-likeness (QED) is 0.552. The van der Waals surface area contributed by atoms with Crippen LogP contribution >= 0.6 is 0 Å². The van der Waals surface area contributed by atoms with Crippen molar-refractivity contribution in [2.75, 3.05) is 0 Å². The van der Waals surface area contributed by atoms with Gasteiger partial charge in [0, 0.05) is 17.9 Å². The number of rotatable bonds is 3. The van der Waals surface area contributed by atoms with Gasteiger partial charge in [0.25, 0.3) is 0 Å². The van der Waals surface area contributed by atoms with Crippen molar-refractivity contribution in [1.82, 2.24) is 0 Å². The highest BCUT2D eigenvalue weighted by atomic mass is 16.6. The van der Waals surface area contributed by atoms with Crippen LogP contribution in [0, 0.1) is 28.6 Å². The molecule has 0 amide bonds. The van der Waals surface area contributed by atoms with Crippen LogP contribution in [0.4, 0.5) is 0 Å². The van der Waals surface area contributed by atoms with Gasteiger partial charge < -0.3 is 24.5 Å². The summed E-state index contributed by atoms with van der Waals surface area (Å²) >= 11 is 0. The molecule has 1 aromatic rings. The highest BCUT2D eigenvalue weighted by Gasteiger charge is 2.73. The average molecular weight is 489 g/mol. The zero-order valence-corrected chi connectivity index (χ0v) is 20.6. The molecule has 0 spiro atoms. The van der Waals surface area contributed by atoms with E-state index in [4.69, 9.17) is 9.15 Å². The van der Waals surface area contributed by atoms with Gasteiger partial charge in [-0.1, -0.05) is 6.92 Å². The Labute approximate surface area is 204 Å². The highest BCUT2D eigenvalue weighted by Crippen LogP contribution is 2.69. The SMILES string of the molecule is C[C@@H](O)C(=O)O[C@H]1CC[C@@]2(C)[C@H](CC[C@@H]3[C@@H]2[C@H](O)C(=O)[C@]2(C)[C@@H](c4ccc(=O)oc4)CC[C@]32O)C1. The van der Waals surface area contributed by atoms with Crippen LogP contribution in [-0.4, -0.2) is 51.0 Å². The number of fused-ring (bicyclic) bond motifs is 5. The van der Waals surface area contributed by atoms with E-state index >= 15 is 0 Å². The summed E-state index contributed by atoms with van der Waals surface area (Å²) in [6.45, 7) is 5.28. The molecule has 0 radical (unpaired) electrons. The first-order valence-corrected chi connectivity index (χ1v) is 12.9. The Morgan fingerprint density at radius 2 is 1.89 bits per heavy atom. The number of hydrogen-bond acceptors (Lipinski definition) is 8. The Balaban J connectivity index is 1.46. The largest absolute Gasteiger partial charge is 0.460 e. The second kappa shape index (κ2) is 8.25. The first kappa shape index (κ1) is 24.7. The minimum absolute atomic E-state index is 0.139. The van der Waals surface area contributed by atoms with Gasteiger partial charge in [0.1, 0.15) is 18.3 Å². The van der Waals surface area contributed by atoms with Crippen LogP contribution in [0.3, 0.4) is 0 Å². The smallest absolute Gasteiger partial charge is 0.335 e. The highest BCUT2D eigenvalue weighted by molar-refractivity contribution is 5.93. The van der Waals surface area contributed by atoms with Gasteiger partial charge in [0.2, 0.25) is 0 Å². The molecule has 4 saturated carbocycles. The van der Waals surface area contributed by atoms with Crippen LogP contribution in [0.2, 0.25) is 0 Å². The Bertz CT molecular complexity index is 1060. The van der Waals surface area contributed by atoms with Crippen LogP contribution in [0.1, 0.15) is 77.2 Å². The fourth-order valence-electron chi connectivity index (χ4n) is 8.48. The van der Waals surface area contributed by atoms with E-state index in [0.717, 1.165) is 6.42 Å². The molecule has 192 valence electrons. The number of aliphatic hydroxyl groups excluding tert-OH is 2. The molecule has 0 aromatic carbocycles. The molecule has 0 unspecified atom stereocenters. The van der Waals surface area contributed by atoms with Gasteiger partial charge >= 0.3 is 11.6 Å². The second-order valence-electron chi connectivity index (χ2n) is 11.8. The lowest BCUT2D eigenvalue weighted by Crippen LogP contribution is -2.70. The predicted octanol–water partition coefficient (Wildman–Crippen LogP) is 2.32. The van der Waals surface area contributed by atoms with E-state index in [1.54, 1.807) is 13.0 Å². The molecule has 0 saturated heterocycles. The summed E-state index contributed by atoms with van der Waals surface area (Å²) in [4.78, 5) is 37.4. The number of aliphatic hydroxyl groups is 3. The van der Waals surface area contributed by atoms with E-state index in [1.165, 1.54) is 19.3 Å². The number of carbonyl (C=O) groups excluding carboxylic acids is 2. The number of carbonyl (C=O) groups is 2. The molecule has 3 N–H and O–H groups in total. The van der Waals surface area contributed by atoms with Crippen molar-refractivity contribution in [1.29, 1.82) is 0 Å². The van der Waals surface area contributed by atoms with Gasteiger partial charge in [-0.2, -0.15) is 0 Å². The third-order valence-corrected chi connectivity index (χ3v) is 10.4. The summed E-state index contributed by atoms with van der Waals surface area (Å²) in [5.74, 6) is -1.79. The van der Waals surface area contributed by atoms with Crippen LogP contribution in [0.25, 0.3) is 0 Å². The molecule has 0 aliphatic heterocycles. The molecular weight excluding hydrogens is 452 g/mol. The third kappa shape index (κ3) is 3.39. The minimum Gasteiger partial charge on any atom is -0.460 e. The molecular formula is C27H36O8. The number of esters is 1. The molecule has 4 aliphatic carbocycles. The minimum atomic E-state index is -1.27. The van der Waals surface area contributed by atoms with E-state index in [-0.39, 0.29) is 41.0 Å². The van der Waals surface area contributed by atoms with Crippen molar-refractivity contribution in [3.63, 3.8) is 0 Å². The monoisotopic (exact) mass is 488 g/mol. The number of hydrogen-bond donors (Lipinski definition) is 3. The van der Waals surface area contributed by atoms with Gasteiger partial charge in [0.05, 0.1) is 17.3 Å². The number of ketones is 1. The van der Waals surface area contributed by atoms with Crippen molar-refractivity contribution in [3.8, 4) is 0 Å². The maximum atomic E-state index is 13.9. The van der Waals surface area contributed by atoms with E-state index in [1.807, 2.05) is 0 Å². The maximum absolute atomic E-state index is 13.9. The summed E-state index contributed by atoms with van der Waals surface area (Å²) in [5.41, 5.74) is -2.59. The van der Waals surface area contributed by atoms with E-state index in [0.29, 0.717) is 44.1 Å². The number of Topliss-reactive ketones (excluding diaryl/α,β-unsaturated/α-hetero) is 1. The lowest BCUT2D eigenvalue weighted by atomic mass is 9.42. The Morgan fingerprint density at radius 1 is 1.14 bits per heavy atom. The van der Waals surface area contributed by atoms with Crippen LogP contribution in [-0.2, 0) is 14.3 Å². The first-order valence-electron chi connectivity index (χ1n) is 12.9. The van der Waals surface area contributed by atoms with Crippen molar-refractivity contribution in [2.24, 2.45) is 28.6 Å². The zero-order valence-electron chi connectivity index (χ0n) is 20.6. The molecule has 4 fully saturated rings. The van der Waals surface area contributed by atoms with Crippen molar-refractivity contribution < 1.29 is 34.1 Å². The normalized spacial score (nSPS) is 45.7. The fraction of sp³-hybridized carbons (Fsp3) is 0.741. The lowest BCUT2D eigenvalue weighted by molar-refractivity contribution is -0.229. The first-order chi connectivity index (χ1) is 16.4. The van der Waals surface area contributed by atoms with Gasteiger partial charge in [-0.25, -0.2) is 9.59 Å². The topological polar surface area (TPSA) is 134 Å². The maximum Gasteiger partial charge on any atom is 0.335 e. The molecule has 8 heteroatoms. The van der Waals surface area contributed by atoms with Crippen molar-refractivity contribution in [2.45, 2.75) is 95.5 Å². The van der Waals surface area contributed by atoms with E-state index in [9.17, 15) is 29.7 Å². The van der Waals surface area contributed by atoms with E-state index < -0.39 is 34.8 Å². The van der Waals surface area contributed by atoms with Gasteiger partial charge in [-0.05, 0) is 87.7 Å². The van der Waals surface area contributed by atoms with Crippen LogP contribution in [0.5, 0.6) is 0 Å². The molecule has 10 atom stereocenters. The van der Waals surface area contributed by atoms with Crippen LogP contribution in [0.15, 0.2) is 27.6 Å². The molecule has 4 aliphatic rings. The standard InChI is InChI=1S/C27H36O8/c1-14(28)24(32)35-17-8-10-25(2)16(12-17)5-6-19-21(25)22(30)23(31)26(3)18(9-11-27(19,26)33)15-4-7-20(29)34-13-15/h4,7,13-14,16-19,21-22,28,30,33H,5-6,8-12H2,1-3H3/t14-,16-,17+,18-,19-,21-,22+,25+,26+,27+/m1/s1. The molecule has 1 heterocycles. The third-order valence-electron chi connectivity index (χ3n) is 10.4. The summed E-state index contributed by atoms with van der Waals surface area (Å²) in [7, 11) is 0. The van der Waals surface area contributed by atoms with Crippen LogP contribution < -0.4 is 5.63 Å². The van der Waals surface area contributed by atoms with Crippen molar-refractivity contribution >= 4 is 11.8 Å². The molecule has 35 heavy (non-hydrogen) atoms.